The highest BCUT2D eigenvalue weighted by Gasteiger charge is 2.02. The van der Waals surface area contributed by atoms with Crippen LogP contribution in [-0.4, -0.2) is 10.2 Å². The fourth-order valence-electron chi connectivity index (χ4n) is 1.36. The Morgan fingerprint density at radius 3 is 1.82 bits per heavy atom. The van der Waals surface area contributed by atoms with Crippen molar-refractivity contribution in [2.24, 2.45) is 0 Å². The highest BCUT2D eigenvalue weighted by Crippen LogP contribution is 2.22. The van der Waals surface area contributed by atoms with Crippen molar-refractivity contribution in [3.63, 3.8) is 0 Å². The molecule has 3 heteroatoms. The molecule has 86 valence electrons. The number of ether oxygens (including phenoxy) is 1. The van der Waals surface area contributed by atoms with Crippen LogP contribution in [0.25, 0.3) is 5.76 Å². The number of hydrogen-bond donors (Lipinski definition) is 2. The monoisotopic (exact) mass is 228 g/mol. The number of phenolic OH excluding ortho intramolecular Hbond substituents is 2. The van der Waals surface area contributed by atoms with Crippen LogP contribution in [0.3, 0.4) is 0 Å². The molecule has 0 spiro atoms. The smallest absolute Gasteiger partial charge is 0.127 e. The Kier molecular flexibility index (Phi) is 3.01. The third-order valence-electron chi connectivity index (χ3n) is 2.27. The van der Waals surface area contributed by atoms with E-state index in [9.17, 15) is 0 Å². The molecule has 0 saturated carbocycles. The Hall–Kier alpha value is -2.42. The van der Waals surface area contributed by atoms with E-state index in [4.69, 9.17) is 14.9 Å². The van der Waals surface area contributed by atoms with Crippen LogP contribution in [0.1, 0.15) is 5.56 Å². The molecule has 2 aromatic rings. The van der Waals surface area contributed by atoms with Crippen molar-refractivity contribution >= 4 is 5.76 Å². The first kappa shape index (κ1) is 11.1. The molecule has 0 heterocycles. The quantitative estimate of drug-likeness (QED) is 0.793. The van der Waals surface area contributed by atoms with Gasteiger partial charge in [-0.25, -0.2) is 0 Å². The topological polar surface area (TPSA) is 49.7 Å². The van der Waals surface area contributed by atoms with E-state index in [2.05, 4.69) is 6.58 Å². The first-order valence-electron chi connectivity index (χ1n) is 5.10. The fraction of sp³-hybridized carbons (Fsp3) is 0. The van der Waals surface area contributed by atoms with Gasteiger partial charge in [0.15, 0.2) is 0 Å². The van der Waals surface area contributed by atoms with E-state index < -0.39 is 0 Å². The molecule has 0 atom stereocenters. The van der Waals surface area contributed by atoms with Crippen LogP contribution in [0.15, 0.2) is 55.1 Å². The van der Waals surface area contributed by atoms with E-state index in [1.165, 1.54) is 0 Å². The summed E-state index contributed by atoms with van der Waals surface area (Å²) >= 11 is 0. The summed E-state index contributed by atoms with van der Waals surface area (Å²) in [5.74, 6) is 1.47. The Morgan fingerprint density at radius 2 is 1.29 bits per heavy atom. The fourth-order valence-corrected chi connectivity index (χ4v) is 1.36. The van der Waals surface area contributed by atoms with Gasteiger partial charge in [-0.15, -0.1) is 0 Å². The molecule has 0 bridgehead atoms. The third kappa shape index (κ3) is 2.78. The van der Waals surface area contributed by atoms with Crippen molar-refractivity contribution < 1.29 is 14.9 Å². The number of aromatic hydroxyl groups is 2. The molecule has 17 heavy (non-hydrogen) atoms. The van der Waals surface area contributed by atoms with Crippen LogP contribution in [0.4, 0.5) is 0 Å². The van der Waals surface area contributed by atoms with Crippen molar-refractivity contribution in [3.8, 4) is 17.2 Å². The maximum atomic E-state index is 9.16. The largest absolute Gasteiger partial charge is 0.508 e. The molecule has 2 aromatic carbocycles. The Labute approximate surface area is 99.2 Å². The molecule has 0 amide bonds. The van der Waals surface area contributed by atoms with E-state index in [1.54, 1.807) is 48.5 Å². The maximum Gasteiger partial charge on any atom is 0.127 e. The molecule has 3 nitrogen and oxygen atoms in total. The SMILES string of the molecule is C=C(Oc1ccc(O)cc1)c1ccc(O)cc1. The summed E-state index contributed by atoms with van der Waals surface area (Å²) < 4.78 is 5.51. The summed E-state index contributed by atoms with van der Waals surface area (Å²) in [6.07, 6.45) is 0. The molecule has 2 rings (SSSR count). The maximum absolute atomic E-state index is 9.16. The molecular formula is C14H12O3. The van der Waals surface area contributed by atoms with Crippen molar-refractivity contribution in [1.82, 2.24) is 0 Å². The average molecular weight is 228 g/mol. The van der Waals surface area contributed by atoms with E-state index in [0.29, 0.717) is 11.5 Å². The summed E-state index contributed by atoms with van der Waals surface area (Å²) in [5, 5.41) is 18.3. The first-order chi connectivity index (χ1) is 8.15. The Morgan fingerprint density at radius 1 is 0.824 bits per heavy atom. The minimum Gasteiger partial charge on any atom is -0.508 e. The van der Waals surface area contributed by atoms with Gasteiger partial charge in [0.25, 0.3) is 0 Å². The van der Waals surface area contributed by atoms with E-state index >= 15 is 0 Å². The Balaban J connectivity index is 2.11. The molecular weight excluding hydrogens is 216 g/mol. The molecule has 0 saturated heterocycles. The zero-order valence-corrected chi connectivity index (χ0v) is 9.13. The summed E-state index contributed by atoms with van der Waals surface area (Å²) in [6.45, 7) is 3.81. The highest BCUT2D eigenvalue weighted by molar-refractivity contribution is 5.60. The standard InChI is InChI=1S/C14H12O3/c1-10(11-2-4-12(15)5-3-11)17-14-8-6-13(16)7-9-14/h2-9,15-16H,1H2. The van der Waals surface area contributed by atoms with Crippen molar-refractivity contribution in [1.29, 1.82) is 0 Å². The molecule has 0 aliphatic rings. The van der Waals surface area contributed by atoms with E-state index in [-0.39, 0.29) is 11.5 Å². The number of rotatable bonds is 3. The van der Waals surface area contributed by atoms with E-state index in [1.807, 2.05) is 0 Å². The molecule has 2 N–H and O–H groups in total. The van der Waals surface area contributed by atoms with E-state index in [0.717, 1.165) is 5.56 Å². The minimum atomic E-state index is 0.188. The third-order valence-corrected chi connectivity index (χ3v) is 2.27. The predicted molar refractivity (Wildman–Crippen MR) is 65.9 cm³/mol. The minimum absolute atomic E-state index is 0.188. The zero-order valence-electron chi connectivity index (χ0n) is 9.13. The van der Waals surface area contributed by atoms with Crippen LogP contribution in [0.5, 0.6) is 17.2 Å². The number of phenols is 2. The van der Waals surface area contributed by atoms with Gasteiger partial charge in [0, 0.05) is 5.56 Å². The number of benzene rings is 2. The summed E-state index contributed by atoms with van der Waals surface area (Å²) in [5.41, 5.74) is 0.788. The van der Waals surface area contributed by atoms with Gasteiger partial charge in [0.05, 0.1) is 0 Å². The lowest BCUT2D eigenvalue weighted by Gasteiger charge is -2.08. The second kappa shape index (κ2) is 4.61. The molecule has 0 fully saturated rings. The van der Waals surface area contributed by atoms with Crippen molar-refractivity contribution in [2.45, 2.75) is 0 Å². The van der Waals surface area contributed by atoms with Gasteiger partial charge >= 0.3 is 0 Å². The molecule has 0 aliphatic carbocycles. The van der Waals surface area contributed by atoms with Gasteiger partial charge in [-0.05, 0) is 48.5 Å². The summed E-state index contributed by atoms with van der Waals surface area (Å²) in [4.78, 5) is 0. The van der Waals surface area contributed by atoms with Gasteiger partial charge in [-0.1, -0.05) is 6.58 Å². The van der Waals surface area contributed by atoms with Crippen molar-refractivity contribution in [2.75, 3.05) is 0 Å². The van der Waals surface area contributed by atoms with Crippen LogP contribution >= 0.6 is 0 Å². The van der Waals surface area contributed by atoms with Crippen LogP contribution in [-0.2, 0) is 0 Å². The zero-order chi connectivity index (χ0) is 12.3. The highest BCUT2D eigenvalue weighted by atomic mass is 16.5. The summed E-state index contributed by atoms with van der Waals surface area (Å²) in [7, 11) is 0. The lowest BCUT2D eigenvalue weighted by molar-refractivity contribution is 0.470. The van der Waals surface area contributed by atoms with Gasteiger partial charge in [0.2, 0.25) is 0 Å². The second-order valence-electron chi connectivity index (χ2n) is 3.57. The van der Waals surface area contributed by atoms with Crippen LogP contribution in [0, 0.1) is 0 Å². The second-order valence-corrected chi connectivity index (χ2v) is 3.57. The molecule has 0 radical (unpaired) electrons. The van der Waals surface area contributed by atoms with Crippen molar-refractivity contribution in [3.05, 3.63) is 60.7 Å². The molecule has 0 aromatic heterocycles. The average Bonchev–Trinajstić information content (AvgIpc) is 2.33. The summed E-state index contributed by atoms with van der Waals surface area (Å²) in [6, 6.07) is 13.0. The predicted octanol–water partition coefficient (Wildman–Crippen LogP) is 3.15. The lowest BCUT2D eigenvalue weighted by atomic mass is 10.2. The van der Waals surface area contributed by atoms with Gasteiger partial charge in [-0.2, -0.15) is 0 Å². The Bertz CT molecular complexity index is 512. The normalized spacial score (nSPS) is 9.88. The number of hydrogen-bond acceptors (Lipinski definition) is 3. The molecule has 0 aliphatic heterocycles. The van der Waals surface area contributed by atoms with Gasteiger partial charge < -0.3 is 14.9 Å². The van der Waals surface area contributed by atoms with Gasteiger partial charge in [-0.3, -0.25) is 0 Å². The lowest BCUT2D eigenvalue weighted by Crippen LogP contribution is -1.92. The van der Waals surface area contributed by atoms with Crippen LogP contribution < -0.4 is 4.74 Å². The first-order valence-corrected chi connectivity index (χ1v) is 5.10. The molecule has 0 unspecified atom stereocenters. The van der Waals surface area contributed by atoms with Gasteiger partial charge in [0.1, 0.15) is 23.0 Å². The van der Waals surface area contributed by atoms with Crippen LogP contribution in [0.2, 0.25) is 0 Å².